The van der Waals surface area contributed by atoms with Crippen molar-refractivity contribution in [1.82, 2.24) is 30.2 Å². The average Bonchev–Trinajstić information content (AvgIpc) is 3.69. The third kappa shape index (κ3) is 16.0. The number of ether oxygens (including phenoxy) is 1. The Morgan fingerprint density at radius 2 is 1.70 bits per heavy atom. The molecule has 10 N–H and O–H groups in total. The fourth-order valence-electron chi connectivity index (χ4n) is 5.46. The quantitative estimate of drug-likeness (QED) is 0.0374. The first kappa shape index (κ1) is 51.3. The highest BCUT2D eigenvalue weighted by Crippen LogP contribution is 2.61. The molecular formula is C31H50N7O18P3S. The van der Waals surface area contributed by atoms with Crippen LogP contribution in [0.4, 0.5) is 5.82 Å². The molecule has 3 heterocycles. The summed E-state index contributed by atoms with van der Waals surface area (Å²) < 4.78 is 62.2. The molecule has 1 aliphatic heterocycles. The number of thioether (sulfide) groups is 1. The monoisotopic (exact) mass is 933 g/mol. The van der Waals surface area contributed by atoms with Gasteiger partial charge in [-0.2, -0.15) is 4.31 Å². The van der Waals surface area contributed by atoms with Crippen LogP contribution in [0.3, 0.4) is 0 Å². The van der Waals surface area contributed by atoms with Crippen LogP contribution >= 0.6 is 35.2 Å². The highest BCUT2D eigenvalue weighted by molar-refractivity contribution is 8.13. The van der Waals surface area contributed by atoms with Gasteiger partial charge in [-0.15, -0.1) is 0 Å². The summed E-state index contributed by atoms with van der Waals surface area (Å²) in [6.45, 7) is 7.51. The normalized spacial score (nSPS) is 21.4. The summed E-state index contributed by atoms with van der Waals surface area (Å²) in [6, 6.07) is 0. The minimum Gasteiger partial charge on any atom is -0.386 e. The zero-order valence-corrected chi connectivity index (χ0v) is 36.4. The number of fused-ring (bicyclic) bond motifs is 1. The average molecular weight is 934 g/mol. The van der Waals surface area contributed by atoms with Crippen LogP contribution in [-0.2, 0) is 55.5 Å². The lowest BCUT2D eigenvalue weighted by atomic mass is 9.87. The van der Waals surface area contributed by atoms with Gasteiger partial charge >= 0.3 is 23.5 Å². The van der Waals surface area contributed by atoms with Crippen molar-refractivity contribution < 1.29 is 85.3 Å². The molecule has 1 aliphatic rings. The van der Waals surface area contributed by atoms with Gasteiger partial charge in [0.15, 0.2) is 22.8 Å². The van der Waals surface area contributed by atoms with Gasteiger partial charge in [0.2, 0.25) is 11.8 Å². The number of carbonyl (C=O) groups is 4. The standard InChI is InChI=1S/C31H50N7O18P3S/c1-17(2)19(7-6-18(3)39)12-22(41)60-11-10-33-21(40)8-9-34-29(44)26(43)31(4,5)14-53-59(50,51)56-58(48,49)52-13-20-25(55-57(45,46)47)24(42)30(54-20)38-16-37-23-27(32)35-15-36-28(23)38/h15-16,19-20,24-26,30,42-43H,1,6-14H2,2-5H3,(H,33,40)(H,34,44)(H,48,49)(H,50,51)(H2,32,35,36)(H2,45,46,47)/t19-,20?,24?,25?,26?,30?/m1/s1. The third-order valence-corrected chi connectivity index (χ3v) is 12.7. The lowest BCUT2D eigenvalue weighted by Gasteiger charge is -2.30. The number of aromatic nitrogens is 4. The number of aliphatic hydroxyl groups is 2. The maximum absolute atomic E-state index is 12.7. The van der Waals surface area contributed by atoms with Crippen molar-refractivity contribution in [3.8, 4) is 0 Å². The van der Waals surface area contributed by atoms with Gasteiger partial charge in [0.1, 0.15) is 42.0 Å². The van der Waals surface area contributed by atoms with E-state index in [1.165, 1.54) is 20.8 Å². The molecule has 338 valence electrons. The number of nitrogen functional groups attached to an aromatic ring is 1. The molecule has 2 amide bonds. The summed E-state index contributed by atoms with van der Waals surface area (Å²) in [5.41, 5.74) is 5.03. The van der Waals surface area contributed by atoms with Gasteiger partial charge in [-0.05, 0) is 26.2 Å². The van der Waals surface area contributed by atoms with Crippen molar-refractivity contribution in [2.75, 3.05) is 37.8 Å². The number of aliphatic hydroxyl groups excluding tert-OH is 2. The molecular weight excluding hydrogens is 883 g/mol. The maximum Gasteiger partial charge on any atom is 0.481 e. The highest BCUT2D eigenvalue weighted by Gasteiger charge is 2.50. The van der Waals surface area contributed by atoms with E-state index in [2.05, 4.69) is 41.0 Å². The first-order chi connectivity index (χ1) is 27.7. The Balaban J connectivity index is 1.45. The van der Waals surface area contributed by atoms with Crippen molar-refractivity contribution in [3.05, 3.63) is 24.8 Å². The number of imidazole rings is 1. The second kappa shape index (κ2) is 21.9. The Kier molecular flexibility index (Phi) is 18.7. The van der Waals surface area contributed by atoms with Crippen molar-refractivity contribution in [2.24, 2.45) is 11.3 Å². The number of allylic oxidation sites excluding steroid dienone is 1. The van der Waals surface area contributed by atoms with E-state index in [1.807, 2.05) is 0 Å². The second-order valence-electron chi connectivity index (χ2n) is 14.3. The van der Waals surface area contributed by atoms with Gasteiger partial charge < -0.3 is 55.7 Å². The SMILES string of the molecule is C=C(C)[C@H](CCC(C)=O)CC(=O)SCCNC(=O)CCNC(=O)C(O)C(C)(C)COP(=O)(O)OP(=O)(O)OCC1OC(n2cnc3c(N)ncnc32)C(O)C1OP(=O)(O)O. The van der Waals surface area contributed by atoms with Crippen molar-refractivity contribution in [1.29, 1.82) is 0 Å². The minimum atomic E-state index is -5.59. The first-order valence-corrected chi connectivity index (χ1v) is 23.4. The van der Waals surface area contributed by atoms with Gasteiger partial charge in [-0.3, -0.25) is 32.5 Å². The summed E-state index contributed by atoms with van der Waals surface area (Å²) >= 11 is 1.02. The van der Waals surface area contributed by atoms with E-state index in [4.69, 9.17) is 19.5 Å². The van der Waals surface area contributed by atoms with Crippen molar-refractivity contribution in [2.45, 2.75) is 84.0 Å². The number of nitrogens with one attached hydrogen (secondary N) is 2. The number of carbonyl (C=O) groups excluding carboxylic acids is 4. The zero-order chi connectivity index (χ0) is 45.2. The largest absolute Gasteiger partial charge is 0.481 e. The molecule has 25 nitrogen and oxygen atoms in total. The number of nitrogens with two attached hydrogens (primary N) is 1. The van der Waals surface area contributed by atoms with Crippen LogP contribution in [-0.4, -0.2) is 128 Å². The first-order valence-electron chi connectivity index (χ1n) is 17.9. The van der Waals surface area contributed by atoms with E-state index in [1.54, 1.807) is 6.92 Å². The number of hydrogen-bond acceptors (Lipinski definition) is 19. The van der Waals surface area contributed by atoms with E-state index < -0.39 is 84.6 Å². The number of anilines is 1. The molecule has 7 unspecified atom stereocenters. The Hall–Kier alpha value is -3.03. The Bertz CT molecular complexity index is 2020. The van der Waals surface area contributed by atoms with E-state index in [0.717, 1.165) is 34.6 Å². The van der Waals surface area contributed by atoms with Crippen LogP contribution in [0.5, 0.6) is 0 Å². The summed E-state index contributed by atoms with van der Waals surface area (Å²) in [4.78, 5) is 99.5. The fourth-order valence-corrected chi connectivity index (χ4v) is 9.04. The predicted molar refractivity (Wildman–Crippen MR) is 210 cm³/mol. The van der Waals surface area contributed by atoms with E-state index in [9.17, 15) is 62.7 Å². The molecule has 0 bridgehead atoms. The van der Waals surface area contributed by atoms with E-state index in [-0.39, 0.29) is 65.5 Å². The molecule has 1 saturated heterocycles. The summed E-state index contributed by atoms with van der Waals surface area (Å²) in [5.74, 6) is -1.34. The fraction of sp³-hybridized carbons (Fsp3) is 0.645. The number of amides is 2. The van der Waals surface area contributed by atoms with Gasteiger partial charge in [-0.1, -0.05) is 37.8 Å². The van der Waals surface area contributed by atoms with Crippen LogP contribution in [0.25, 0.3) is 11.2 Å². The lowest BCUT2D eigenvalue weighted by Crippen LogP contribution is -2.46. The van der Waals surface area contributed by atoms with Gasteiger partial charge in [0.25, 0.3) is 0 Å². The highest BCUT2D eigenvalue weighted by atomic mass is 32.2. The molecule has 0 aromatic carbocycles. The molecule has 1 fully saturated rings. The second-order valence-corrected chi connectivity index (χ2v) is 19.7. The molecule has 0 aliphatic carbocycles. The summed E-state index contributed by atoms with van der Waals surface area (Å²) in [6.07, 6.45) is -5.94. The minimum absolute atomic E-state index is 0.0210. The molecule has 8 atom stereocenters. The number of hydrogen-bond donors (Lipinski definition) is 9. The topological polar surface area (TPSA) is 381 Å². The smallest absolute Gasteiger partial charge is 0.386 e. The number of rotatable bonds is 25. The Labute approximate surface area is 347 Å². The van der Waals surface area contributed by atoms with Crippen molar-refractivity contribution in [3.63, 3.8) is 0 Å². The molecule has 0 radical (unpaired) electrons. The molecule has 0 saturated carbocycles. The Morgan fingerprint density at radius 1 is 1.03 bits per heavy atom. The van der Waals surface area contributed by atoms with Crippen LogP contribution in [0, 0.1) is 11.3 Å². The van der Waals surface area contributed by atoms with Crippen LogP contribution < -0.4 is 16.4 Å². The number of ketones is 1. The number of Topliss-reactive ketones (excluding diaryl/α,β-unsaturated/α-hetero) is 1. The molecule has 3 rings (SSSR count). The molecule has 60 heavy (non-hydrogen) atoms. The van der Waals surface area contributed by atoms with Crippen LogP contribution in [0.15, 0.2) is 24.8 Å². The maximum atomic E-state index is 12.7. The number of phosphoric acid groups is 3. The summed E-state index contributed by atoms with van der Waals surface area (Å²) in [5, 5.41) is 26.3. The van der Waals surface area contributed by atoms with Gasteiger partial charge in [-0.25, -0.2) is 28.6 Å². The number of nitrogens with zero attached hydrogens (tertiary/aromatic N) is 4. The van der Waals surface area contributed by atoms with Gasteiger partial charge in [0.05, 0.1) is 19.5 Å². The third-order valence-electron chi connectivity index (χ3n) is 8.72. The van der Waals surface area contributed by atoms with Crippen molar-refractivity contribution >= 4 is 74.9 Å². The van der Waals surface area contributed by atoms with E-state index in [0.29, 0.717) is 12.8 Å². The van der Waals surface area contributed by atoms with Gasteiger partial charge in [0, 0.05) is 43.5 Å². The molecule has 29 heteroatoms. The zero-order valence-electron chi connectivity index (χ0n) is 32.9. The number of phosphoric ester groups is 3. The van der Waals surface area contributed by atoms with E-state index >= 15 is 0 Å². The molecule has 0 spiro atoms. The lowest BCUT2D eigenvalue weighted by molar-refractivity contribution is -0.137. The van der Waals surface area contributed by atoms with Crippen LogP contribution in [0.2, 0.25) is 0 Å². The summed E-state index contributed by atoms with van der Waals surface area (Å²) in [7, 11) is -16.4. The molecule has 2 aromatic heterocycles. The predicted octanol–water partition coefficient (Wildman–Crippen LogP) is 0.616. The Morgan fingerprint density at radius 3 is 2.33 bits per heavy atom. The molecule has 2 aromatic rings. The van der Waals surface area contributed by atoms with Crippen LogP contribution in [0.1, 0.15) is 59.6 Å².